The Kier molecular flexibility index (Phi) is 10.4. The quantitative estimate of drug-likeness (QED) is 0.212. The first-order valence-corrected chi connectivity index (χ1v) is 10.9. The molecular formula is C25H33IN6O. The zero-order chi connectivity index (χ0) is 22.9. The number of aromatic nitrogens is 2. The number of aliphatic imine (C=N–C) groups is 1. The maximum Gasteiger partial charge on any atom is 0.224 e. The third kappa shape index (κ3) is 7.59. The van der Waals surface area contributed by atoms with Crippen LogP contribution in [0.25, 0.3) is 5.69 Å². The summed E-state index contributed by atoms with van der Waals surface area (Å²) in [6.45, 7) is 7.30. The van der Waals surface area contributed by atoms with Crippen molar-refractivity contribution < 1.29 is 4.79 Å². The highest BCUT2D eigenvalue weighted by Gasteiger charge is 2.09. The number of aryl methyl sites for hydroxylation is 2. The Morgan fingerprint density at radius 3 is 2.36 bits per heavy atom. The molecule has 0 aliphatic heterocycles. The fourth-order valence-corrected chi connectivity index (χ4v) is 3.48. The minimum Gasteiger partial charge on any atom is -0.352 e. The highest BCUT2D eigenvalue weighted by molar-refractivity contribution is 14.0. The van der Waals surface area contributed by atoms with E-state index in [0.717, 1.165) is 40.3 Å². The first kappa shape index (κ1) is 26.4. The number of nitrogens with one attached hydrogen (secondary N) is 3. The van der Waals surface area contributed by atoms with Crippen molar-refractivity contribution in [1.82, 2.24) is 20.4 Å². The second kappa shape index (κ2) is 13.0. The molecule has 0 aliphatic carbocycles. The number of anilines is 1. The third-order valence-corrected chi connectivity index (χ3v) is 5.07. The van der Waals surface area contributed by atoms with E-state index in [1.807, 2.05) is 54.9 Å². The maximum absolute atomic E-state index is 11.7. The molecule has 3 N–H and O–H groups in total. The fourth-order valence-electron chi connectivity index (χ4n) is 3.48. The number of amides is 1. The first-order valence-electron chi connectivity index (χ1n) is 10.9. The van der Waals surface area contributed by atoms with Gasteiger partial charge in [0.15, 0.2) is 5.96 Å². The van der Waals surface area contributed by atoms with E-state index in [1.54, 1.807) is 7.05 Å². The fraction of sp³-hybridized carbons (Fsp3) is 0.320. The lowest BCUT2D eigenvalue weighted by Crippen LogP contribution is -2.36. The second-order valence-electron chi connectivity index (χ2n) is 7.74. The van der Waals surface area contributed by atoms with Crippen LogP contribution < -0.4 is 16.0 Å². The molecule has 1 amide bonds. The summed E-state index contributed by atoms with van der Waals surface area (Å²) in [5, 5.41) is 14.2. The highest BCUT2D eigenvalue weighted by Crippen LogP contribution is 2.17. The van der Waals surface area contributed by atoms with Crippen LogP contribution in [0.4, 0.5) is 5.69 Å². The molecule has 0 unspecified atom stereocenters. The van der Waals surface area contributed by atoms with Crippen molar-refractivity contribution >= 4 is 41.5 Å². The number of nitrogens with zero attached hydrogens (tertiary/aromatic N) is 3. The van der Waals surface area contributed by atoms with Gasteiger partial charge >= 0.3 is 0 Å². The van der Waals surface area contributed by atoms with E-state index in [0.29, 0.717) is 25.5 Å². The summed E-state index contributed by atoms with van der Waals surface area (Å²) < 4.78 is 1.98. The molecule has 0 saturated heterocycles. The van der Waals surface area contributed by atoms with E-state index in [1.165, 1.54) is 0 Å². The van der Waals surface area contributed by atoms with Crippen molar-refractivity contribution in [1.29, 1.82) is 0 Å². The number of rotatable bonds is 8. The second-order valence-corrected chi connectivity index (χ2v) is 7.74. The van der Waals surface area contributed by atoms with E-state index in [4.69, 9.17) is 0 Å². The molecule has 0 radical (unpaired) electrons. The van der Waals surface area contributed by atoms with Crippen molar-refractivity contribution in [2.24, 2.45) is 4.99 Å². The zero-order valence-electron chi connectivity index (χ0n) is 19.7. The first-order chi connectivity index (χ1) is 15.5. The van der Waals surface area contributed by atoms with Gasteiger partial charge in [0.25, 0.3) is 0 Å². The summed E-state index contributed by atoms with van der Waals surface area (Å²) >= 11 is 0. The SMILES string of the molecule is CCCC(=O)Nc1ccc(CNC(=NC)NCc2ccccc2-n2nc(C)cc2C)cc1.I. The average Bonchev–Trinajstić information content (AvgIpc) is 3.13. The molecule has 176 valence electrons. The minimum atomic E-state index is 0. The topological polar surface area (TPSA) is 83.3 Å². The Morgan fingerprint density at radius 1 is 1.03 bits per heavy atom. The summed E-state index contributed by atoms with van der Waals surface area (Å²) in [5.74, 6) is 0.761. The molecule has 33 heavy (non-hydrogen) atoms. The third-order valence-electron chi connectivity index (χ3n) is 5.07. The van der Waals surface area contributed by atoms with E-state index in [-0.39, 0.29) is 29.9 Å². The summed E-state index contributed by atoms with van der Waals surface area (Å²) in [6, 6.07) is 18.1. The number of hydrogen-bond donors (Lipinski definition) is 3. The van der Waals surface area contributed by atoms with Crippen LogP contribution >= 0.6 is 24.0 Å². The van der Waals surface area contributed by atoms with Gasteiger partial charge in [0.2, 0.25) is 5.91 Å². The van der Waals surface area contributed by atoms with E-state index in [2.05, 4.69) is 51.2 Å². The predicted molar refractivity (Wildman–Crippen MR) is 145 cm³/mol. The van der Waals surface area contributed by atoms with Crippen LogP contribution in [0.1, 0.15) is 42.3 Å². The van der Waals surface area contributed by atoms with Crippen molar-refractivity contribution in [2.45, 2.75) is 46.7 Å². The molecule has 0 aliphatic rings. The summed E-state index contributed by atoms with van der Waals surface area (Å²) in [5.41, 5.74) is 6.21. The Bertz CT molecular complexity index is 1070. The van der Waals surface area contributed by atoms with Crippen LogP contribution in [0.5, 0.6) is 0 Å². The smallest absolute Gasteiger partial charge is 0.224 e. The van der Waals surface area contributed by atoms with Gasteiger partial charge in [0, 0.05) is 37.9 Å². The lowest BCUT2D eigenvalue weighted by atomic mass is 10.1. The monoisotopic (exact) mass is 560 g/mol. The molecule has 0 bridgehead atoms. The number of guanidine groups is 1. The number of carbonyl (C=O) groups is 1. The van der Waals surface area contributed by atoms with Gasteiger partial charge in [-0.15, -0.1) is 24.0 Å². The number of benzene rings is 2. The molecule has 0 saturated carbocycles. The molecule has 3 rings (SSSR count). The molecule has 7 nitrogen and oxygen atoms in total. The molecule has 0 atom stereocenters. The Balaban J connectivity index is 0.00000385. The summed E-state index contributed by atoms with van der Waals surface area (Å²) in [6.07, 6.45) is 1.37. The van der Waals surface area contributed by atoms with E-state index < -0.39 is 0 Å². The number of halogens is 1. The van der Waals surface area contributed by atoms with Gasteiger partial charge in [-0.2, -0.15) is 5.10 Å². The van der Waals surface area contributed by atoms with Crippen molar-refractivity contribution in [3.05, 3.63) is 77.1 Å². The van der Waals surface area contributed by atoms with Gasteiger partial charge in [-0.05, 0) is 55.7 Å². The standard InChI is InChI=1S/C25H32N6O.HI/c1-5-8-24(32)29-22-13-11-20(12-14-22)16-27-25(26-4)28-17-21-9-6-7-10-23(21)31-19(3)15-18(2)30-31;/h6-7,9-15H,5,8,16-17H2,1-4H3,(H,29,32)(H2,26,27,28);1H. The molecule has 1 aromatic heterocycles. The van der Waals surface area contributed by atoms with Crippen LogP contribution in [-0.2, 0) is 17.9 Å². The molecule has 3 aromatic rings. The molecule has 1 heterocycles. The van der Waals surface area contributed by atoms with E-state index >= 15 is 0 Å². The van der Waals surface area contributed by atoms with Crippen molar-refractivity contribution in [3.63, 3.8) is 0 Å². The van der Waals surface area contributed by atoms with Crippen LogP contribution in [-0.4, -0.2) is 28.7 Å². The number of para-hydroxylation sites is 1. The highest BCUT2D eigenvalue weighted by atomic mass is 127. The summed E-state index contributed by atoms with van der Waals surface area (Å²) in [4.78, 5) is 16.1. The maximum atomic E-state index is 11.7. The van der Waals surface area contributed by atoms with Gasteiger partial charge in [-0.3, -0.25) is 9.79 Å². The van der Waals surface area contributed by atoms with Gasteiger partial charge in [-0.1, -0.05) is 37.3 Å². The molecule has 8 heteroatoms. The van der Waals surface area contributed by atoms with Gasteiger partial charge in [-0.25, -0.2) is 4.68 Å². The molecular weight excluding hydrogens is 527 g/mol. The van der Waals surface area contributed by atoms with Crippen LogP contribution in [0.3, 0.4) is 0 Å². The normalized spacial score (nSPS) is 11.0. The molecule has 0 spiro atoms. The van der Waals surface area contributed by atoms with E-state index in [9.17, 15) is 4.79 Å². The minimum absolute atomic E-state index is 0. The van der Waals surface area contributed by atoms with Crippen LogP contribution in [0, 0.1) is 13.8 Å². The lowest BCUT2D eigenvalue weighted by molar-refractivity contribution is -0.116. The Labute approximate surface area is 213 Å². The molecule has 0 fully saturated rings. The zero-order valence-corrected chi connectivity index (χ0v) is 22.0. The van der Waals surface area contributed by atoms with Crippen LogP contribution in [0.2, 0.25) is 0 Å². The lowest BCUT2D eigenvalue weighted by Gasteiger charge is -2.15. The van der Waals surface area contributed by atoms with Gasteiger partial charge in [0.1, 0.15) is 0 Å². The molecule has 2 aromatic carbocycles. The van der Waals surface area contributed by atoms with Gasteiger partial charge in [0.05, 0.1) is 11.4 Å². The van der Waals surface area contributed by atoms with Crippen molar-refractivity contribution in [2.75, 3.05) is 12.4 Å². The Hall–Kier alpha value is -2.88. The van der Waals surface area contributed by atoms with Crippen molar-refractivity contribution in [3.8, 4) is 5.69 Å². The summed E-state index contributed by atoms with van der Waals surface area (Å²) in [7, 11) is 1.76. The largest absolute Gasteiger partial charge is 0.352 e. The Morgan fingerprint density at radius 2 is 1.73 bits per heavy atom. The predicted octanol–water partition coefficient (Wildman–Crippen LogP) is 4.71. The van der Waals surface area contributed by atoms with Crippen LogP contribution in [0.15, 0.2) is 59.6 Å². The average molecular weight is 560 g/mol. The number of carbonyl (C=O) groups excluding carboxylic acids is 1. The van der Waals surface area contributed by atoms with Gasteiger partial charge < -0.3 is 16.0 Å². The number of hydrogen-bond acceptors (Lipinski definition) is 3.